The Hall–Kier alpha value is -2.07. The van der Waals surface area contributed by atoms with E-state index in [0.717, 1.165) is 4.90 Å². The molecule has 1 amide bonds. The predicted octanol–water partition coefficient (Wildman–Crippen LogP) is 4.60. The van der Waals surface area contributed by atoms with Gasteiger partial charge in [-0.25, -0.2) is 14.1 Å². The summed E-state index contributed by atoms with van der Waals surface area (Å²) in [6.45, 7) is 1.66. The molecule has 0 fully saturated rings. The maximum atomic E-state index is 14.0. The molecular formula is C14H11ClFNO2. The van der Waals surface area contributed by atoms with Gasteiger partial charge in [-0.1, -0.05) is 29.8 Å². The molecule has 2 aromatic rings. The smallest absolute Gasteiger partial charge is 0.416 e. The van der Waals surface area contributed by atoms with Crippen molar-refractivity contribution in [2.24, 2.45) is 0 Å². The molecule has 0 saturated carbocycles. The second kappa shape index (κ2) is 5.28. The maximum absolute atomic E-state index is 14.0. The largest absolute Gasteiger partial charge is 0.464 e. The third-order valence-electron chi connectivity index (χ3n) is 2.67. The summed E-state index contributed by atoms with van der Waals surface area (Å²) in [6.07, 6.45) is -1.27. The van der Waals surface area contributed by atoms with Crippen LogP contribution in [0.15, 0.2) is 42.5 Å². The number of amides is 1. The van der Waals surface area contributed by atoms with Crippen molar-refractivity contribution in [2.45, 2.75) is 6.92 Å². The molecule has 0 atom stereocenters. The molecule has 0 aliphatic carbocycles. The topological polar surface area (TPSA) is 40.5 Å². The van der Waals surface area contributed by atoms with Crippen molar-refractivity contribution in [3.63, 3.8) is 0 Å². The van der Waals surface area contributed by atoms with Gasteiger partial charge in [0.05, 0.1) is 11.4 Å². The first-order chi connectivity index (χ1) is 9.00. The van der Waals surface area contributed by atoms with E-state index < -0.39 is 11.9 Å². The Morgan fingerprint density at radius 2 is 1.89 bits per heavy atom. The molecule has 2 rings (SSSR count). The van der Waals surface area contributed by atoms with Gasteiger partial charge in [0.15, 0.2) is 0 Å². The first-order valence-corrected chi connectivity index (χ1v) is 5.92. The van der Waals surface area contributed by atoms with Gasteiger partial charge in [0, 0.05) is 5.02 Å². The molecule has 0 saturated heterocycles. The van der Waals surface area contributed by atoms with Gasteiger partial charge in [0.25, 0.3) is 0 Å². The number of halogens is 2. The highest BCUT2D eigenvalue weighted by molar-refractivity contribution is 6.31. The third kappa shape index (κ3) is 2.69. The number of anilines is 2. The van der Waals surface area contributed by atoms with Gasteiger partial charge in [-0.15, -0.1) is 0 Å². The van der Waals surface area contributed by atoms with Crippen LogP contribution < -0.4 is 4.90 Å². The number of carbonyl (C=O) groups is 1. The minimum Gasteiger partial charge on any atom is -0.464 e. The average Bonchev–Trinajstić information content (AvgIpc) is 2.37. The van der Waals surface area contributed by atoms with Crippen molar-refractivity contribution >= 4 is 29.1 Å². The molecule has 0 aliphatic rings. The van der Waals surface area contributed by atoms with Crippen LogP contribution >= 0.6 is 11.6 Å². The second-order valence-electron chi connectivity index (χ2n) is 4.01. The minimum absolute atomic E-state index is 0.0886. The zero-order valence-electron chi connectivity index (χ0n) is 10.1. The van der Waals surface area contributed by atoms with Gasteiger partial charge in [-0.3, -0.25) is 0 Å². The molecule has 0 aliphatic heterocycles. The molecule has 3 nitrogen and oxygen atoms in total. The van der Waals surface area contributed by atoms with Crippen LogP contribution in [0.3, 0.4) is 0 Å². The first-order valence-electron chi connectivity index (χ1n) is 5.54. The zero-order valence-corrected chi connectivity index (χ0v) is 10.9. The molecule has 0 unspecified atom stereocenters. The van der Waals surface area contributed by atoms with Gasteiger partial charge in [0.1, 0.15) is 5.82 Å². The highest BCUT2D eigenvalue weighted by Gasteiger charge is 2.21. The van der Waals surface area contributed by atoms with E-state index in [2.05, 4.69) is 0 Å². The van der Waals surface area contributed by atoms with E-state index in [1.165, 1.54) is 12.1 Å². The molecular weight excluding hydrogens is 269 g/mol. The molecule has 0 bridgehead atoms. The van der Waals surface area contributed by atoms with Crippen LogP contribution in [0.1, 0.15) is 5.56 Å². The highest BCUT2D eigenvalue weighted by atomic mass is 35.5. The Kier molecular flexibility index (Phi) is 3.71. The normalized spacial score (nSPS) is 10.3. The van der Waals surface area contributed by atoms with Gasteiger partial charge >= 0.3 is 6.09 Å². The van der Waals surface area contributed by atoms with Crippen molar-refractivity contribution in [1.29, 1.82) is 0 Å². The highest BCUT2D eigenvalue weighted by Crippen LogP contribution is 2.31. The lowest BCUT2D eigenvalue weighted by Crippen LogP contribution is -2.24. The quantitative estimate of drug-likeness (QED) is 0.872. The molecule has 0 spiro atoms. The van der Waals surface area contributed by atoms with E-state index in [-0.39, 0.29) is 5.69 Å². The maximum Gasteiger partial charge on any atom is 0.416 e. The molecule has 1 N–H and O–H groups in total. The molecule has 0 heterocycles. The van der Waals surface area contributed by atoms with Gasteiger partial charge in [-0.05, 0) is 36.8 Å². The monoisotopic (exact) mass is 279 g/mol. The Morgan fingerprint density at radius 1 is 1.26 bits per heavy atom. The van der Waals surface area contributed by atoms with Crippen LogP contribution in [0.5, 0.6) is 0 Å². The lowest BCUT2D eigenvalue weighted by Gasteiger charge is -2.20. The summed E-state index contributed by atoms with van der Waals surface area (Å²) in [5.41, 5.74) is 0.824. The number of nitrogens with zero attached hydrogens (tertiary/aromatic N) is 1. The van der Waals surface area contributed by atoms with E-state index in [9.17, 15) is 14.3 Å². The molecule has 0 radical (unpaired) electrons. The Labute approximate surface area is 114 Å². The van der Waals surface area contributed by atoms with E-state index in [0.29, 0.717) is 16.3 Å². The zero-order chi connectivity index (χ0) is 14.0. The lowest BCUT2D eigenvalue weighted by atomic mass is 10.2. The fourth-order valence-corrected chi connectivity index (χ4v) is 1.89. The van der Waals surface area contributed by atoms with Crippen LogP contribution in [-0.4, -0.2) is 11.2 Å². The van der Waals surface area contributed by atoms with Gasteiger partial charge < -0.3 is 5.11 Å². The van der Waals surface area contributed by atoms with Crippen molar-refractivity contribution in [3.05, 3.63) is 58.9 Å². The Bertz CT molecular complexity index is 616. The predicted molar refractivity (Wildman–Crippen MR) is 72.8 cm³/mol. The van der Waals surface area contributed by atoms with Crippen LogP contribution in [0, 0.1) is 12.7 Å². The van der Waals surface area contributed by atoms with Crippen molar-refractivity contribution in [1.82, 2.24) is 0 Å². The lowest BCUT2D eigenvalue weighted by molar-refractivity contribution is 0.204. The van der Waals surface area contributed by atoms with Crippen molar-refractivity contribution in [3.8, 4) is 0 Å². The van der Waals surface area contributed by atoms with Crippen LogP contribution in [0.25, 0.3) is 0 Å². The van der Waals surface area contributed by atoms with E-state index in [1.807, 2.05) is 0 Å². The van der Waals surface area contributed by atoms with Gasteiger partial charge in [-0.2, -0.15) is 0 Å². The number of carboxylic acid groups (broad SMARTS) is 1. The fraction of sp³-hybridized carbons (Fsp3) is 0.0714. The summed E-state index contributed by atoms with van der Waals surface area (Å²) in [7, 11) is 0. The number of para-hydroxylation sites is 1. The number of hydrogen-bond acceptors (Lipinski definition) is 1. The number of aryl methyl sites for hydroxylation is 1. The van der Waals surface area contributed by atoms with E-state index in [4.69, 9.17) is 11.6 Å². The van der Waals surface area contributed by atoms with Crippen LogP contribution in [0.4, 0.5) is 20.6 Å². The van der Waals surface area contributed by atoms with E-state index in [1.54, 1.807) is 37.3 Å². The summed E-state index contributed by atoms with van der Waals surface area (Å²) in [6, 6.07) is 10.8. The Balaban J connectivity index is 2.58. The summed E-state index contributed by atoms with van der Waals surface area (Å²) in [5.74, 6) is -0.631. The molecule has 98 valence electrons. The summed E-state index contributed by atoms with van der Waals surface area (Å²) >= 11 is 5.94. The summed E-state index contributed by atoms with van der Waals surface area (Å²) in [4.78, 5) is 12.2. The third-order valence-corrected chi connectivity index (χ3v) is 3.08. The first kappa shape index (κ1) is 13.4. The van der Waals surface area contributed by atoms with Crippen LogP contribution in [-0.2, 0) is 0 Å². The minimum atomic E-state index is -1.27. The number of benzene rings is 2. The SMILES string of the molecule is Cc1cc(F)c(N(C(=O)O)c2ccccc2)cc1Cl. The Morgan fingerprint density at radius 3 is 2.47 bits per heavy atom. The molecule has 2 aromatic carbocycles. The average molecular weight is 280 g/mol. The fourth-order valence-electron chi connectivity index (χ4n) is 1.74. The standard InChI is InChI=1S/C14H11ClFNO2/c1-9-7-12(16)13(8-11(9)15)17(14(18)19)10-5-3-2-4-6-10/h2-8H,1H3,(H,18,19). The van der Waals surface area contributed by atoms with Crippen molar-refractivity contribution < 1.29 is 14.3 Å². The second-order valence-corrected chi connectivity index (χ2v) is 4.41. The van der Waals surface area contributed by atoms with Gasteiger partial charge in [0.2, 0.25) is 0 Å². The molecule has 0 aromatic heterocycles. The molecule has 5 heteroatoms. The number of rotatable bonds is 2. The molecule has 19 heavy (non-hydrogen) atoms. The van der Waals surface area contributed by atoms with Crippen molar-refractivity contribution in [2.75, 3.05) is 4.90 Å². The number of hydrogen-bond donors (Lipinski definition) is 1. The summed E-state index contributed by atoms with van der Waals surface area (Å²) < 4.78 is 14.0. The summed E-state index contributed by atoms with van der Waals surface area (Å²) in [5, 5.41) is 9.60. The van der Waals surface area contributed by atoms with Crippen LogP contribution in [0.2, 0.25) is 5.02 Å². The van der Waals surface area contributed by atoms with E-state index >= 15 is 0 Å².